The summed E-state index contributed by atoms with van der Waals surface area (Å²) in [6, 6.07) is 1.99. The van der Waals surface area contributed by atoms with E-state index < -0.39 is 0 Å². The van der Waals surface area contributed by atoms with E-state index in [1.165, 1.54) is 11.3 Å². The Morgan fingerprint density at radius 3 is 3.00 bits per heavy atom. The monoisotopic (exact) mass is 247 g/mol. The molecule has 0 saturated heterocycles. The van der Waals surface area contributed by atoms with Crippen LogP contribution in [-0.2, 0) is 12.8 Å². The Kier molecular flexibility index (Phi) is 3.25. The van der Waals surface area contributed by atoms with Gasteiger partial charge in [-0.15, -0.1) is 11.3 Å². The van der Waals surface area contributed by atoms with Crippen LogP contribution in [0.4, 0.5) is 0 Å². The molecule has 0 amide bonds. The summed E-state index contributed by atoms with van der Waals surface area (Å²) >= 11 is 1.47. The van der Waals surface area contributed by atoms with E-state index in [9.17, 15) is 4.79 Å². The molecule has 0 aliphatic rings. The van der Waals surface area contributed by atoms with Gasteiger partial charge in [0.1, 0.15) is 10.7 Å². The normalized spacial score (nSPS) is 10.9. The number of hydrogen-bond acceptors (Lipinski definition) is 4. The van der Waals surface area contributed by atoms with Crippen LogP contribution in [0.1, 0.15) is 25.2 Å². The van der Waals surface area contributed by atoms with Crippen molar-refractivity contribution in [1.82, 2.24) is 9.97 Å². The van der Waals surface area contributed by atoms with Crippen molar-refractivity contribution in [1.29, 1.82) is 5.26 Å². The van der Waals surface area contributed by atoms with Gasteiger partial charge in [-0.3, -0.25) is 4.79 Å². The Morgan fingerprint density at radius 1 is 1.59 bits per heavy atom. The van der Waals surface area contributed by atoms with Crippen molar-refractivity contribution in [2.75, 3.05) is 0 Å². The van der Waals surface area contributed by atoms with E-state index in [0.29, 0.717) is 17.1 Å². The van der Waals surface area contributed by atoms with E-state index in [4.69, 9.17) is 5.26 Å². The lowest BCUT2D eigenvalue weighted by molar-refractivity contribution is 0.651. The summed E-state index contributed by atoms with van der Waals surface area (Å²) in [6.07, 6.45) is 1.02. The van der Waals surface area contributed by atoms with Crippen molar-refractivity contribution in [3.63, 3.8) is 0 Å². The molecule has 0 spiro atoms. The van der Waals surface area contributed by atoms with E-state index in [0.717, 1.165) is 16.8 Å². The first-order valence-corrected chi connectivity index (χ1v) is 6.36. The molecule has 2 aromatic rings. The number of nitrogens with zero attached hydrogens (tertiary/aromatic N) is 2. The fourth-order valence-corrected chi connectivity index (χ4v) is 2.77. The highest BCUT2D eigenvalue weighted by Gasteiger charge is 2.12. The van der Waals surface area contributed by atoms with Crippen LogP contribution in [0.3, 0.4) is 0 Å². The van der Waals surface area contributed by atoms with Crippen LogP contribution in [0.2, 0.25) is 0 Å². The average Bonchev–Trinajstić information content (AvgIpc) is 2.61. The molecule has 0 radical (unpaired) electrons. The van der Waals surface area contributed by atoms with Crippen LogP contribution in [-0.4, -0.2) is 9.97 Å². The maximum absolute atomic E-state index is 11.9. The third kappa shape index (κ3) is 2.37. The molecule has 0 unspecified atom stereocenters. The van der Waals surface area contributed by atoms with Crippen LogP contribution >= 0.6 is 11.3 Å². The Labute approximate surface area is 103 Å². The van der Waals surface area contributed by atoms with Gasteiger partial charge in [-0.25, -0.2) is 4.98 Å². The molecule has 2 rings (SSSR count). The molecule has 0 bridgehead atoms. The summed E-state index contributed by atoms with van der Waals surface area (Å²) in [5.74, 6) is 0.953. The number of rotatable bonds is 3. The molecule has 5 heteroatoms. The molecule has 2 aromatic heterocycles. The molecule has 0 aliphatic carbocycles. The Morgan fingerprint density at radius 2 is 2.35 bits per heavy atom. The Balaban J connectivity index is 2.56. The van der Waals surface area contributed by atoms with Crippen molar-refractivity contribution >= 4 is 21.6 Å². The predicted octanol–water partition coefficient (Wildman–Crippen LogP) is 2.25. The quantitative estimate of drug-likeness (QED) is 0.904. The van der Waals surface area contributed by atoms with Crippen LogP contribution < -0.4 is 5.56 Å². The SMILES string of the molecule is CC(C)Cc1csc2nc(CC#N)[nH]c(=O)c12. The first-order chi connectivity index (χ1) is 8.11. The Bertz CT molecular complexity index is 633. The zero-order valence-electron chi connectivity index (χ0n) is 9.78. The summed E-state index contributed by atoms with van der Waals surface area (Å²) in [5, 5.41) is 11.3. The van der Waals surface area contributed by atoms with E-state index >= 15 is 0 Å². The maximum atomic E-state index is 11.9. The number of H-pyrrole nitrogens is 1. The van der Waals surface area contributed by atoms with Crippen molar-refractivity contribution in [3.05, 3.63) is 27.1 Å². The summed E-state index contributed by atoms with van der Waals surface area (Å²) in [6.45, 7) is 4.24. The molecule has 0 aliphatic heterocycles. The maximum Gasteiger partial charge on any atom is 0.259 e. The topological polar surface area (TPSA) is 69.5 Å². The van der Waals surface area contributed by atoms with E-state index in [1.807, 2.05) is 11.4 Å². The van der Waals surface area contributed by atoms with Crippen molar-refractivity contribution < 1.29 is 0 Å². The number of aromatic amines is 1. The first kappa shape index (κ1) is 11.8. The predicted molar refractivity (Wildman–Crippen MR) is 68.1 cm³/mol. The summed E-state index contributed by atoms with van der Waals surface area (Å²) in [7, 11) is 0. The molecular formula is C12H13N3OS. The Hall–Kier alpha value is -1.67. The molecular weight excluding hydrogens is 234 g/mol. The van der Waals surface area contributed by atoms with Gasteiger partial charge in [-0.2, -0.15) is 5.26 Å². The minimum Gasteiger partial charge on any atom is -0.309 e. The third-order valence-corrected chi connectivity index (χ3v) is 3.36. The minimum atomic E-state index is -0.128. The standard InChI is InChI=1S/C12H13N3OS/c1-7(2)5-8-6-17-12-10(8)11(16)14-9(15-12)3-4-13/h6-7H,3,5H2,1-2H3,(H,14,15,16). The average molecular weight is 247 g/mol. The molecule has 0 aromatic carbocycles. The van der Waals surface area contributed by atoms with Gasteiger partial charge in [0.05, 0.1) is 17.9 Å². The molecule has 2 heterocycles. The van der Waals surface area contributed by atoms with Crippen LogP contribution in [0.5, 0.6) is 0 Å². The van der Waals surface area contributed by atoms with Gasteiger partial charge in [-0.1, -0.05) is 13.8 Å². The number of thiophene rings is 1. The van der Waals surface area contributed by atoms with Gasteiger partial charge in [0.15, 0.2) is 0 Å². The fourth-order valence-electron chi connectivity index (χ4n) is 1.80. The second-order valence-electron chi connectivity index (χ2n) is 4.39. The lowest BCUT2D eigenvalue weighted by Gasteiger charge is -2.02. The molecule has 17 heavy (non-hydrogen) atoms. The highest BCUT2D eigenvalue weighted by Crippen LogP contribution is 2.23. The molecule has 0 atom stereocenters. The van der Waals surface area contributed by atoms with Gasteiger partial charge in [0, 0.05) is 0 Å². The van der Waals surface area contributed by atoms with Crippen LogP contribution in [0.15, 0.2) is 10.2 Å². The van der Waals surface area contributed by atoms with Crippen molar-refractivity contribution in [2.24, 2.45) is 5.92 Å². The number of fused-ring (bicyclic) bond motifs is 1. The number of nitriles is 1. The molecule has 4 nitrogen and oxygen atoms in total. The third-order valence-electron chi connectivity index (χ3n) is 2.44. The number of aromatic nitrogens is 2. The van der Waals surface area contributed by atoms with Crippen molar-refractivity contribution in [2.45, 2.75) is 26.7 Å². The second-order valence-corrected chi connectivity index (χ2v) is 5.24. The van der Waals surface area contributed by atoms with E-state index in [-0.39, 0.29) is 12.0 Å². The fraction of sp³-hybridized carbons (Fsp3) is 0.417. The highest BCUT2D eigenvalue weighted by atomic mass is 32.1. The number of hydrogen-bond donors (Lipinski definition) is 1. The smallest absolute Gasteiger partial charge is 0.259 e. The lowest BCUT2D eigenvalue weighted by Crippen LogP contribution is -2.12. The van der Waals surface area contributed by atoms with Crippen molar-refractivity contribution in [3.8, 4) is 6.07 Å². The van der Waals surface area contributed by atoms with Crippen LogP contribution in [0, 0.1) is 17.2 Å². The first-order valence-electron chi connectivity index (χ1n) is 5.48. The highest BCUT2D eigenvalue weighted by molar-refractivity contribution is 7.16. The minimum absolute atomic E-state index is 0.128. The van der Waals surface area contributed by atoms with Crippen LogP contribution in [0.25, 0.3) is 10.2 Å². The zero-order valence-corrected chi connectivity index (χ0v) is 10.6. The summed E-state index contributed by atoms with van der Waals surface area (Å²) < 4.78 is 0. The van der Waals surface area contributed by atoms with E-state index in [2.05, 4.69) is 23.8 Å². The summed E-state index contributed by atoms with van der Waals surface area (Å²) in [5.41, 5.74) is 0.925. The zero-order chi connectivity index (χ0) is 12.4. The second kappa shape index (κ2) is 4.68. The van der Waals surface area contributed by atoms with Gasteiger partial charge in [0.25, 0.3) is 5.56 Å². The summed E-state index contributed by atoms with van der Waals surface area (Å²) in [4.78, 5) is 19.6. The van der Waals surface area contributed by atoms with Gasteiger partial charge < -0.3 is 4.98 Å². The van der Waals surface area contributed by atoms with Gasteiger partial charge in [-0.05, 0) is 23.3 Å². The van der Waals surface area contributed by atoms with E-state index in [1.54, 1.807) is 0 Å². The molecule has 1 N–H and O–H groups in total. The molecule has 88 valence electrons. The van der Waals surface area contributed by atoms with Gasteiger partial charge >= 0.3 is 0 Å². The number of nitrogens with one attached hydrogen (secondary N) is 1. The molecule has 0 fully saturated rings. The largest absolute Gasteiger partial charge is 0.309 e. The van der Waals surface area contributed by atoms with Gasteiger partial charge in [0.2, 0.25) is 0 Å². The molecule has 0 saturated carbocycles. The lowest BCUT2D eigenvalue weighted by atomic mass is 10.0.